The molecule has 1 aliphatic heterocycles. The van der Waals surface area contributed by atoms with Crippen LogP contribution < -0.4 is 4.72 Å². The van der Waals surface area contributed by atoms with Crippen molar-refractivity contribution in [1.29, 1.82) is 0 Å². The average Bonchev–Trinajstić information content (AvgIpc) is 2.79. The Hall–Kier alpha value is -1.54. The lowest BCUT2D eigenvalue weighted by Gasteiger charge is -2.34. The van der Waals surface area contributed by atoms with Crippen LogP contribution in [0.2, 0.25) is 0 Å². The number of hydrogen-bond donors (Lipinski definition) is 1. The number of hydrogen-bond acceptors (Lipinski definition) is 5. The van der Waals surface area contributed by atoms with Crippen LogP contribution in [0.5, 0.6) is 0 Å². The Morgan fingerprint density at radius 3 is 2.41 bits per heavy atom. The van der Waals surface area contributed by atoms with Gasteiger partial charge in [0.05, 0.1) is 0 Å². The molecule has 1 fully saturated rings. The van der Waals surface area contributed by atoms with Crippen molar-refractivity contribution in [3.63, 3.8) is 0 Å². The summed E-state index contributed by atoms with van der Waals surface area (Å²) in [6.45, 7) is 7.04. The zero-order valence-electron chi connectivity index (χ0n) is 19.8. The number of likely N-dealkylation sites (N-methyl/N-ethyl adjacent to an activating group) is 1. The molecule has 0 unspecified atom stereocenters. The van der Waals surface area contributed by atoms with Gasteiger partial charge in [0.2, 0.25) is 10.0 Å². The topological polar surface area (TPSA) is 65.5 Å². The van der Waals surface area contributed by atoms with Crippen LogP contribution in [0.3, 0.4) is 0 Å². The summed E-state index contributed by atoms with van der Waals surface area (Å²) in [6.07, 6.45) is 12.7. The molecule has 0 radical (unpaired) electrons. The maximum Gasteiger partial charge on any atom is 0.243 e. The first-order chi connectivity index (χ1) is 15.5. The van der Waals surface area contributed by atoms with Crippen molar-refractivity contribution < 1.29 is 8.42 Å². The van der Waals surface area contributed by atoms with Crippen LogP contribution in [0.25, 0.3) is 10.8 Å². The van der Waals surface area contributed by atoms with E-state index in [9.17, 15) is 8.42 Å². The van der Waals surface area contributed by atoms with Gasteiger partial charge in [0.15, 0.2) is 0 Å². The number of nitrogens with one attached hydrogen (secondary N) is 1. The van der Waals surface area contributed by atoms with Crippen molar-refractivity contribution in [2.45, 2.75) is 69.2 Å². The predicted molar refractivity (Wildman–Crippen MR) is 132 cm³/mol. The monoisotopic (exact) mass is 460 g/mol. The van der Waals surface area contributed by atoms with Crippen molar-refractivity contribution >= 4 is 20.8 Å². The van der Waals surface area contributed by atoms with Gasteiger partial charge in [-0.3, -0.25) is 9.88 Å². The van der Waals surface area contributed by atoms with E-state index < -0.39 is 10.0 Å². The molecule has 6 nitrogen and oxygen atoms in total. The fourth-order valence-electron chi connectivity index (χ4n) is 4.46. The van der Waals surface area contributed by atoms with E-state index in [-0.39, 0.29) is 10.9 Å². The molecule has 32 heavy (non-hydrogen) atoms. The summed E-state index contributed by atoms with van der Waals surface area (Å²) in [5.74, 6) is 0. The first kappa shape index (κ1) is 25.1. The number of pyridine rings is 1. The Balaban J connectivity index is 1.66. The molecular formula is C25H40N4O2S. The van der Waals surface area contributed by atoms with Gasteiger partial charge in [-0.15, -0.1) is 0 Å². The van der Waals surface area contributed by atoms with Gasteiger partial charge in [-0.05, 0) is 13.5 Å². The largest absolute Gasteiger partial charge is 0.304 e. The summed E-state index contributed by atoms with van der Waals surface area (Å²) in [4.78, 5) is 9.19. The molecule has 1 atom stereocenters. The second-order valence-electron chi connectivity index (χ2n) is 9.19. The maximum absolute atomic E-state index is 13.4. The highest BCUT2D eigenvalue weighted by Gasteiger charge is 2.25. The van der Waals surface area contributed by atoms with Crippen LogP contribution in [0.15, 0.2) is 41.6 Å². The summed E-state index contributed by atoms with van der Waals surface area (Å²) in [5, 5.41) is 1.57. The van der Waals surface area contributed by atoms with E-state index >= 15 is 0 Å². The molecule has 1 N–H and O–H groups in total. The molecule has 1 aliphatic rings. The van der Waals surface area contributed by atoms with Gasteiger partial charge >= 0.3 is 0 Å². The van der Waals surface area contributed by atoms with Crippen LogP contribution in [0, 0.1) is 0 Å². The molecular weight excluding hydrogens is 420 g/mol. The van der Waals surface area contributed by atoms with E-state index in [1.165, 1.54) is 44.7 Å². The van der Waals surface area contributed by atoms with Gasteiger partial charge in [0, 0.05) is 61.9 Å². The second-order valence-corrected chi connectivity index (χ2v) is 10.9. The molecule has 2 aromatic rings. The average molecular weight is 461 g/mol. The number of nitrogens with zero attached hydrogens (tertiary/aromatic N) is 3. The van der Waals surface area contributed by atoms with E-state index in [0.717, 1.165) is 56.3 Å². The van der Waals surface area contributed by atoms with E-state index in [0.29, 0.717) is 0 Å². The van der Waals surface area contributed by atoms with E-state index in [1.807, 2.05) is 24.3 Å². The van der Waals surface area contributed by atoms with Crippen LogP contribution in [0.1, 0.15) is 58.3 Å². The standard InChI is InChI=1S/C25H40N4O2S/c1-3-4-5-6-7-8-9-13-23(21-29-17-15-28(2)16-18-29)27-32(30,31)25-20-26-19-22-12-10-11-14-24(22)25/h10-12,14,19-20,23,27H,3-9,13,15-18,21H2,1-2H3/t23-/m1/s1. The summed E-state index contributed by atoms with van der Waals surface area (Å²) in [5.41, 5.74) is 0. The second kappa shape index (κ2) is 12.6. The molecule has 7 heteroatoms. The van der Waals surface area contributed by atoms with Gasteiger partial charge in [0.1, 0.15) is 4.90 Å². The third-order valence-corrected chi connectivity index (χ3v) is 8.02. The molecule has 1 aromatic carbocycles. The molecule has 0 amide bonds. The number of rotatable bonds is 13. The number of benzene rings is 1. The summed E-state index contributed by atoms with van der Waals surface area (Å²) >= 11 is 0. The minimum Gasteiger partial charge on any atom is -0.304 e. The molecule has 1 saturated heterocycles. The molecule has 0 saturated carbocycles. The van der Waals surface area contributed by atoms with Crippen LogP contribution in [0.4, 0.5) is 0 Å². The molecule has 0 spiro atoms. The third-order valence-electron chi connectivity index (χ3n) is 6.47. The van der Waals surface area contributed by atoms with E-state index in [1.54, 1.807) is 6.20 Å². The minimum atomic E-state index is -3.65. The molecule has 0 aliphatic carbocycles. The van der Waals surface area contributed by atoms with E-state index in [2.05, 4.69) is 33.5 Å². The van der Waals surface area contributed by atoms with Crippen LogP contribution >= 0.6 is 0 Å². The molecule has 2 heterocycles. The van der Waals surface area contributed by atoms with Crippen molar-refractivity contribution in [1.82, 2.24) is 19.5 Å². The first-order valence-corrected chi connectivity index (χ1v) is 13.7. The quantitative estimate of drug-likeness (QED) is 0.452. The van der Waals surface area contributed by atoms with Gasteiger partial charge in [0.25, 0.3) is 0 Å². The van der Waals surface area contributed by atoms with Crippen molar-refractivity contribution in [3.05, 3.63) is 36.7 Å². The zero-order valence-corrected chi connectivity index (χ0v) is 20.6. The Morgan fingerprint density at radius 1 is 0.969 bits per heavy atom. The summed E-state index contributed by atoms with van der Waals surface area (Å²) in [7, 11) is -1.51. The van der Waals surface area contributed by atoms with E-state index in [4.69, 9.17) is 0 Å². The third kappa shape index (κ3) is 7.51. The smallest absolute Gasteiger partial charge is 0.243 e. The molecule has 3 rings (SSSR count). The van der Waals surface area contributed by atoms with Crippen LogP contribution in [-0.4, -0.2) is 69.0 Å². The van der Waals surface area contributed by atoms with Gasteiger partial charge in [-0.2, -0.15) is 0 Å². The Labute approximate surface area is 194 Å². The normalized spacial score (nSPS) is 17.1. The number of piperazine rings is 1. The fraction of sp³-hybridized carbons (Fsp3) is 0.640. The summed E-state index contributed by atoms with van der Waals surface area (Å²) in [6, 6.07) is 7.46. The fourth-order valence-corrected chi connectivity index (χ4v) is 5.90. The first-order valence-electron chi connectivity index (χ1n) is 12.3. The highest BCUT2D eigenvalue weighted by atomic mass is 32.2. The highest BCUT2D eigenvalue weighted by molar-refractivity contribution is 7.89. The number of aromatic nitrogens is 1. The Bertz CT molecular complexity index is 921. The highest BCUT2D eigenvalue weighted by Crippen LogP contribution is 2.22. The number of fused-ring (bicyclic) bond motifs is 1. The Morgan fingerprint density at radius 2 is 1.66 bits per heavy atom. The van der Waals surface area contributed by atoms with Gasteiger partial charge in [-0.1, -0.05) is 76.1 Å². The number of sulfonamides is 1. The summed E-state index contributed by atoms with van der Waals surface area (Å²) < 4.78 is 29.8. The van der Waals surface area contributed by atoms with Gasteiger partial charge in [-0.25, -0.2) is 13.1 Å². The lowest BCUT2D eigenvalue weighted by Crippen LogP contribution is -2.50. The van der Waals surface area contributed by atoms with Crippen molar-refractivity contribution in [2.24, 2.45) is 0 Å². The van der Waals surface area contributed by atoms with Crippen molar-refractivity contribution in [2.75, 3.05) is 39.8 Å². The van der Waals surface area contributed by atoms with Gasteiger partial charge < -0.3 is 4.90 Å². The van der Waals surface area contributed by atoms with Crippen LogP contribution in [-0.2, 0) is 10.0 Å². The molecule has 0 bridgehead atoms. The predicted octanol–water partition coefficient (Wildman–Crippen LogP) is 4.27. The lowest BCUT2D eigenvalue weighted by atomic mass is 10.0. The lowest BCUT2D eigenvalue weighted by molar-refractivity contribution is 0.143. The zero-order chi connectivity index (χ0) is 22.8. The maximum atomic E-state index is 13.4. The minimum absolute atomic E-state index is 0.0852. The molecule has 1 aromatic heterocycles. The molecule has 178 valence electrons. The Kier molecular flexibility index (Phi) is 9.91. The SMILES string of the molecule is CCCCCCCCC[C@H](CN1CCN(C)CC1)NS(=O)(=O)c1cncc2ccccc12. The van der Waals surface area contributed by atoms with Crippen molar-refractivity contribution in [3.8, 4) is 0 Å². The number of unbranched alkanes of at least 4 members (excludes halogenated alkanes) is 6.